The summed E-state index contributed by atoms with van der Waals surface area (Å²) >= 11 is 1.49. The van der Waals surface area contributed by atoms with Crippen molar-refractivity contribution < 1.29 is 14.3 Å². The number of carbonyl (C=O) groups is 2. The molecule has 1 aliphatic rings. The fraction of sp³-hybridized carbons (Fsp3) is 0.571. The molecule has 0 atom stereocenters. The molecule has 0 aromatic carbocycles. The van der Waals surface area contributed by atoms with Crippen LogP contribution in [-0.4, -0.2) is 25.2 Å². The van der Waals surface area contributed by atoms with Crippen LogP contribution in [0.25, 0.3) is 0 Å². The van der Waals surface area contributed by atoms with Gasteiger partial charge in [-0.3, -0.25) is 5.32 Å². The quantitative estimate of drug-likeness (QED) is 0.821. The van der Waals surface area contributed by atoms with Gasteiger partial charge in [0, 0.05) is 11.4 Å². The molecule has 1 aromatic heterocycles. The maximum absolute atomic E-state index is 12.1. The smallest absolute Gasteiger partial charge is 0.341 e. The zero-order valence-electron chi connectivity index (χ0n) is 11.9. The molecule has 5 nitrogen and oxygen atoms in total. The first-order valence-electron chi connectivity index (χ1n) is 7.03. The van der Waals surface area contributed by atoms with Crippen molar-refractivity contribution in [1.29, 1.82) is 0 Å². The van der Waals surface area contributed by atoms with Crippen LogP contribution in [-0.2, 0) is 17.6 Å². The molecule has 110 valence electrons. The van der Waals surface area contributed by atoms with E-state index in [-0.39, 0.29) is 12.0 Å². The average Bonchev–Trinajstić information content (AvgIpc) is 2.96. The van der Waals surface area contributed by atoms with Crippen LogP contribution in [0.4, 0.5) is 9.80 Å². The monoisotopic (exact) mass is 296 g/mol. The van der Waals surface area contributed by atoms with Crippen LogP contribution >= 0.6 is 11.3 Å². The van der Waals surface area contributed by atoms with E-state index in [0.29, 0.717) is 23.7 Å². The predicted molar refractivity (Wildman–Crippen MR) is 79.6 cm³/mol. The number of rotatable bonds is 5. The molecule has 2 rings (SSSR count). The molecule has 0 fully saturated rings. The number of anilines is 1. The van der Waals surface area contributed by atoms with Gasteiger partial charge in [-0.05, 0) is 38.2 Å². The Morgan fingerprint density at radius 3 is 2.80 bits per heavy atom. The summed E-state index contributed by atoms with van der Waals surface area (Å²) in [5, 5.41) is 6.14. The van der Waals surface area contributed by atoms with Gasteiger partial charge in [0.15, 0.2) is 0 Å². The molecular weight excluding hydrogens is 276 g/mol. The van der Waals surface area contributed by atoms with E-state index in [0.717, 1.165) is 31.2 Å². The molecule has 0 spiro atoms. The Kier molecular flexibility index (Phi) is 5.00. The molecule has 1 heterocycles. The molecule has 2 N–H and O–H groups in total. The maximum Gasteiger partial charge on any atom is 0.341 e. The number of carbonyl (C=O) groups excluding carboxylic acids is 2. The SMILES string of the molecule is CCCNC(=O)Nc1sc2c(c1C(=O)OCC)CCC2. The van der Waals surface area contributed by atoms with E-state index in [2.05, 4.69) is 10.6 Å². The topological polar surface area (TPSA) is 67.4 Å². The van der Waals surface area contributed by atoms with Crippen LogP contribution in [0.15, 0.2) is 0 Å². The van der Waals surface area contributed by atoms with Crippen molar-refractivity contribution >= 4 is 28.3 Å². The van der Waals surface area contributed by atoms with E-state index >= 15 is 0 Å². The molecule has 0 saturated carbocycles. The van der Waals surface area contributed by atoms with Gasteiger partial charge in [0.25, 0.3) is 0 Å². The number of nitrogens with one attached hydrogen (secondary N) is 2. The highest BCUT2D eigenvalue weighted by molar-refractivity contribution is 7.17. The van der Waals surface area contributed by atoms with E-state index in [1.54, 1.807) is 6.92 Å². The minimum atomic E-state index is -0.335. The third kappa shape index (κ3) is 3.12. The van der Waals surface area contributed by atoms with Gasteiger partial charge in [0.1, 0.15) is 5.00 Å². The van der Waals surface area contributed by atoms with Crippen molar-refractivity contribution in [2.75, 3.05) is 18.5 Å². The lowest BCUT2D eigenvalue weighted by atomic mass is 10.1. The van der Waals surface area contributed by atoms with E-state index < -0.39 is 0 Å². The third-order valence-electron chi connectivity index (χ3n) is 3.16. The van der Waals surface area contributed by atoms with E-state index in [1.807, 2.05) is 6.92 Å². The van der Waals surface area contributed by atoms with Crippen molar-refractivity contribution in [2.45, 2.75) is 39.5 Å². The number of thiophene rings is 1. The molecular formula is C14H20N2O3S. The lowest BCUT2D eigenvalue weighted by Gasteiger charge is -2.08. The number of ether oxygens (including phenoxy) is 1. The first-order valence-corrected chi connectivity index (χ1v) is 7.85. The summed E-state index contributed by atoms with van der Waals surface area (Å²) in [6, 6.07) is -0.266. The van der Waals surface area contributed by atoms with Crippen LogP contribution in [0.5, 0.6) is 0 Å². The second-order valence-electron chi connectivity index (χ2n) is 4.66. The Labute approximate surface area is 122 Å². The Balaban J connectivity index is 2.19. The minimum absolute atomic E-state index is 0.266. The average molecular weight is 296 g/mol. The molecule has 1 aromatic rings. The number of amides is 2. The first-order chi connectivity index (χ1) is 9.67. The molecule has 1 aliphatic carbocycles. The lowest BCUT2D eigenvalue weighted by molar-refractivity contribution is 0.0527. The van der Waals surface area contributed by atoms with Gasteiger partial charge in [0.05, 0.1) is 12.2 Å². The van der Waals surface area contributed by atoms with Gasteiger partial charge >= 0.3 is 12.0 Å². The molecule has 0 radical (unpaired) electrons. The van der Waals surface area contributed by atoms with Crippen molar-refractivity contribution in [3.05, 3.63) is 16.0 Å². The summed E-state index contributed by atoms with van der Waals surface area (Å²) in [5.41, 5.74) is 1.61. The molecule has 2 amide bonds. The predicted octanol–water partition coefficient (Wildman–Crippen LogP) is 2.95. The second-order valence-corrected chi connectivity index (χ2v) is 5.77. The summed E-state index contributed by atoms with van der Waals surface area (Å²) in [4.78, 5) is 25.1. The van der Waals surface area contributed by atoms with Crippen LogP contribution in [0.3, 0.4) is 0 Å². The van der Waals surface area contributed by atoms with Crippen molar-refractivity contribution in [3.8, 4) is 0 Å². The number of urea groups is 1. The summed E-state index contributed by atoms with van der Waals surface area (Å²) in [7, 11) is 0. The highest BCUT2D eigenvalue weighted by Gasteiger charge is 2.28. The van der Waals surface area contributed by atoms with Crippen LogP contribution in [0.1, 0.15) is 47.5 Å². The van der Waals surface area contributed by atoms with E-state index in [4.69, 9.17) is 4.74 Å². The minimum Gasteiger partial charge on any atom is -0.462 e. The number of aryl methyl sites for hydroxylation is 1. The summed E-state index contributed by atoms with van der Waals surface area (Å²) < 4.78 is 5.11. The molecule has 6 heteroatoms. The highest BCUT2D eigenvalue weighted by Crippen LogP contribution is 2.39. The highest BCUT2D eigenvalue weighted by atomic mass is 32.1. The zero-order chi connectivity index (χ0) is 14.5. The lowest BCUT2D eigenvalue weighted by Crippen LogP contribution is -2.29. The summed E-state index contributed by atoms with van der Waals surface area (Å²) in [6.07, 6.45) is 3.80. The fourth-order valence-electron chi connectivity index (χ4n) is 2.30. The Morgan fingerprint density at radius 2 is 2.10 bits per heavy atom. The fourth-order valence-corrected chi connectivity index (χ4v) is 3.57. The second kappa shape index (κ2) is 6.74. The third-order valence-corrected chi connectivity index (χ3v) is 4.37. The number of esters is 1. The molecule has 20 heavy (non-hydrogen) atoms. The van der Waals surface area contributed by atoms with Gasteiger partial charge in [-0.25, -0.2) is 9.59 Å². The van der Waals surface area contributed by atoms with Crippen LogP contribution < -0.4 is 10.6 Å². The van der Waals surface area contributed by atoms with Crippen molar-refractivity contribution in [1.82, 2.24) is 5.32 Å². The number of fused-ring (bicyclic) bond motifs is 1. The molecule has 0 bridgehead atoms. The van der Waals surface area contributed by atoms with Crippen molar-refractivity contribution in [3.63, 3.8) is 0 Å². The number of hydrogen-bond acceptors (Lipinski definition) is 4. The first kappa shape index (κ1) is 14.8. The summed E-state index contributed by atoms with van der Waals surface area (Å²) in [5.74, 6) is -0.335. The van der Waals surface area contributed by atoms with Gasteiger partial charge in [-0.1, -0.05) is 6.92 Å². The standard InChI is InChI=1S/C14H20N2O3S/c1-3-8-15-14(18)16-12-11(13(17)19-4-2)9-6-5-7-10(9)20-12/h3-8H2,1-2H3,(H2,15,16,18). The summed E-state index contributed by atoms with van der Waals surface area (Å²) in [6.45, 7) is 4.73. The van der Waals surface area contributed by atoms with E-state index in [9.17, 15) is 9.59 Å². The number of hydrogen-bond donors (Lipinski definition) is 2. The Bertz CT molecular complexity index is 511. The zero-order valence-corrected chi connectivity index (χ0v) is 12.7. The van der Waals surface area contributed by atoms with Gasteiger partial charge < -0.3 is 10.1 Å². The van der Waals surface area contributed by atoms with Crippen molar-refractivity contribution in [2.24, 2.45) is 0 Å². The largest absolute Gasteiger partial charge is 0.462 e. The molecule has 0 aliphatic heterocycles. The van der Waals surface area contributed by atoms with Gasteiger partial charge in [0.2, 0.25) is 0 Å². The van der Waals surface area contributed by atoms with E-state index in [1.165, 1.54) is 16.2 Å². The molecule has 0 unspecified atom stereocenters. The molecule has 0 saturated heterocycles. The van der Waals surface area contributed by atoms with Gasteiger partial charge in [-0.15, -0.1) is 11.3 Å². The normalized spacial score (nSPS) is 12.9. The van der Waals surface area contributed by atoms with Crippen LogP contribution in [0.2, 0.25) is 0 Å². The maximum atomic E-state index is 12.1. The van der Waals surface area contributed by atoms with Crippen LogP contribution in [0, 0.1) is 0 Å². The van der Waals surface area contributed by atoms with Gasteiger partial charge in [-0.2, -0.15) is 0 Å². The Hall–Kier alpha value is -1.56. The Morgan fingerprint density at radius 1 is 1.30 bits per heavy atom.